The molecule has 0 aromatic rings. The van der Waals surface area contributed by atoms with Crippen LogP contribution < -0.4 is 10.6 Å². The van der Waals surface area contributed by atoms with Crippen molar-refractivity contribution in [3.8, 4) is 0 Å². The Morgan fingerprint density at radius 1 is 1.33 bits per heavy atom. The molecule has 18 heavy (non-hydrogen) atoms. The zero-order valence-electron chi connectivity index (χ0n) is 11.1. The highest BCUT2D eigenvalue weighted by molar-refractivity contribution is 5.85. The lowest BCUT2D eigenvalue weighted by molar-refractivity contribution is -0.123. The molecule has 2 heterocycles. The normalized spacial score (nSPS) is 29.4. The van der Waals surface area contributed by atoms with Gasteiger partial charge in [-0.05, 0) is 37.6 Å². The standard InChI is InChI=1S/C13H24N2O2.ClH/c1-10-2-5-14-9-12(10)15-13(16)8-11-3-6-17-7-4-11;/h10-12,14H,2-9H2,1H3,(H,15,16);1H. The molecule has 2 saturated heterocycles. The third kappa shape index (κ3) is 4.75. The van der Waals surface area contributed by atoms with Crippen LogP contribution in [-0.4, -0.2) is 38.3 Å². The van der Waals surface area contributed by atoms with Gasteiger partial charge in [-0.2, -0.15) is 0 Å². The van der Waals surface area contributed by atoms with Gasteiger partial charge in [0.15, 0.2) is 0 Å². The van der Waals surface area contributed by atoms with E-state index in [1.54, 1.807) is 0 Å². The van der Waals surface area contributed by atoms with Gasteiger partial charge in [-0.1, -0.05) is 6.92 Å². The largest absolute Gasteiger partial charge is 0.381 e. The summed E-state index contributed by atoms with van der Waals surface area (Å²) < 4.78 is 5.31. The topological polar surface area (TPSA) is 50.4 Å². The van der Waals surface area contributed by atoms with Gasteiger partial charge >= 0.3 is 0 Å². The monoisotopic (exact) mass is 276 g/mol. The lowest BCUT2D eigenvalue weighted by atomic mass is 9.93. The van der Waals surface area contributed by atoms with Crippen LogP contribution in [0.4, 0.5) is 0 Å². The number of carbonyl (C=O) groups is 1. The van der Waals surface area contributed by atoms with Crippen LogP contribution in [0, 0.1) is 11.8 Å². The second-order valence-corrected chi connectivity index (χ2v) is 5.40. The minimum atomic E-state index is 0. The molecule has 5 heteroatoms. The average Bonchev–Trinajstić information content (AvgIpc) is 2.33. The molecule has 0 aromatic carbocycles. The van der Waals surface area contributed by atoms with Crippen LogP contribution in [0.5, 0.6) is 0 Å². The Bertz CT molecular complexity index is 257. The van der Waals surface area contributed by atoms with Crippen molar-refractivity contribution in [2.75, 3.05) is 26.3 Å². The molecule has 4 nitrogen and oxygen atoms in total. The summed E-state index contributed by atoms with van der Waals surface area (Å²) in [6.45, 7) is 5.85. The number of hydrogen-bond donors (Lipinski definition) is 2. The lowest BCUT2D eigenvalue weighted by Crippen LogP contribution is -2.50. The Hall–Kier alpha value is -0.320. The van der Waals surface area contributed by atoms with Crippen LogP contribution in [0.2, 0.25) is 0 Å². The van der Waals surface area contributed by atoms with Gasteiger partial charge in [-0.3, -0.25) is 4.79 Å². The summed E-state index contributed by atoms with van der Waals surface area (Å²) in [5.74, 6) is 1.34. The van der Waals surface area contributed by atoms with Gasteiger partial charge in [0, 0.05) is 32.2 Å². The lowest BCUT2D eigenvalue weighted by Gasteiger charge is -2.31. The maximum atomic E-state index is 11.9. The highest BCUT2D eigenvalue weighted by atomic mass is 35.5. The summed E-state index contributed by atoms with van der Waals surface area (Å²) in [6, 6.07) is 0.316. The van der Waals surface area contributed by atoms with Crippen molar-refractivity contribution < 1.29 is 9.53 Å². The van der Waals surface area contributed by atoms with Crippen LogP contribution in [-0.2, 0) is 9.53 Å². The molecule has 2 aliphatic heterocycles. The number of rotatable bonds is 3. The first kappa shape index (κ1) is 15.7. The minimum absolute atomic E-state index is 0. The Morgan fingerprint density at radius 2 is 2.06 bits per heavy atom. The number of carbonyl (C=O) groups excluding carboxylic acids is 1. The Balaban J connectivity index is 0.00000162. The molecule has 0 aliphatic carbocycles. The quantitative estimate of drug-likeness (QED) is 0.818. The van der Waals surface area contributed by atoms with Crippen molar-refractivity contribution in [3.05, 3.63) is 0 Å². The second-order valence-electron chi connectivity index (χ2n) is 5.40. The van der Waals surface area contributed by atoms with Gasteiger partial charge < -0.3 is 15.4 Å². The summed E-state index contributed by atoms with van der Waals surface area (Å²) in [6.07, 6.45) is 3.90. The smallest absolute Gasteiger partial charge is 0.220 e. The fourth-order valence-electron chi connectivity index (χ4n) is 2.66. The molecule has 0 spiro atoms. The van der Waals surface area contributed by atoms with E-state index >= 15 is 0 Å². The fraction of sp³-hybridized carbons (Fsp3) is 0.923. The van der Waals surface area contributed by atoms with E-state index in [4.69, 9.17) is 4.74 Å². The third-order valence-electron chi connectivity index (χ3n) is 3.99. The van der Waals surface area contributed by atoms with E-state index in [2.05, 4.69) is 17.6 Å². The Kier molecular flexibility index (Phi) is 6.97. The maximum absolute atomic E-state index is 11.9. The molecular weight excluding hydrogens is 252 g/mol. The van der Waals surface area contributed by atoms with E-state index in [0.29, 0.717) is 24.3 Å². The first-order valence-corrected chi connectivity index (χ1v) is 6.83. The molecule has 1 amide bonds. The highest BCUT2D eigenvalue weighted by Crippen LogP contribution is 2.19. The number of piperidine rings is 1. The predicted octanol–water partition coefficient (Wildman–Crippen LogP) is 1.34. The van der Waals surface area contributed by atoms with Crippen LogP contribution in [0.15, 0.2) is 0 Å². The predicted molar refractivity (Wildman–Crippen MR) is 74.0 cm³/mol. The van der Waals surface area contributed by atoms with Crippen LogP contribution >= 0.6 is 12.4 Å². The van der Waals surface area contributed by atoms with Crippen molar-refractivity contribution in [1.29, 1.82) is 0 Å². The van der Waals surface area contributed by atoms with E-state index in [0.717, 1.165) is 45.6 Å². The fourth-order valence-corrected chi connectivity index (χ4v) is 2.66. The van der Waals surface area contributed by atoms with Crippen molar-refractivity contribution in [2.24, 2.45) is 11.8 Å². The molecule has 2 unspecified atom stereocenters. The second kappa shape index (κ2) is 7.97. The molecule has 0 aromatic heterocycles. The summed E-state index contributed by atoms with van der Waals surface area (Å²) in [7, 11) is 0. The van der Waals surface area contributed by atoms with Crippen molar-refractivity contribution >= 4 is 18.3 Å². The molecule has 0 radical (unpaired) electrons. The zero-order valence-corrected chi connectivity index (χ0v) is 11.9. The first-order valence-electron chi connectivity index (χ1n) is 6.83. The Labute approximate surface area is 116 Å². The van der Waals surface area contributed by atoms with E-state index in [1.165, 1.54) is 0 Å². The van der Waals surface area contributed by atoms with Crippen LogP contribution in [0.25, 0.3) is 0 Å². The van der Waals surface area contributed by atoms with Gasteiger partial charge in [-0.15, -0.1) is 12.4 Å². The molecule has 2 rings (SSSR count). The minimum Gasteiger partial charge on any atom is -0.381 e. The molecule has 2 N–H and O–H groups in total. The van der Waals surface area contributed by atoms with Crippen LogP contribution in [0.3, 0.4) is 0 Å². The van der Waals surface area contributed by atoms with E-state index in [1.807, 2.05) is 0 Å². The third-order valence-corrected chi connectivity index (χ3v) is 3.99. The van der Waals surface area contributed by atoms with Crippen molar-refractivity contribution in [2.45, 2.75) is 38.6 Å². The number of halogens is 1. The van der Waals surface area contributed by atoms with Crippen molar-refractivity contribution in [1.82, 2.24) is 10.6 Å². The van der Waals surface area contributed by atoms with Gasteiger partial charge in [-0.25, -0.2) is 0 Å². The Morgan fingerprint density at radius 3 is 2.72 bits per heavy atom. The summed E-state index contributed by atoms with van der Waals surface area (Å²) in [4.78, 5) is 11.9. The number of nitrogens with one attached hydrogen (secondary N) is 2. The van der Waals surface area contributed by atoms with Gasteiger partial charge in [0.25, 0.3) is 0 Å². The van der Waals surface area contributed by atoms with Gasteiger partial charge in [0.2, 0.25) is 5.91 Å². The molecule has 106 valence electrons. The maximum Gasteiger partial charge on any atom is 0.220 e. The van der Waals surface area contributed by atoms with Gasteiger partial charge in [0.1, 0.15) is 0 Å². The van der Waals surface area contributed by atoms with E-state index in [9.17, 15) is 4.79 Å². The highest BCUT2D eigenvalue weighted by Gasteiger charge is 2.24. The van der Waals surface area contributed by atoms with E-state index < -0.39 is 0 Å². The molecule has 2 atom stereocenters. The average molecular weight is 277 g/mol. The van der Waals surface area contributed by atoms with Crippen molar-refractivity contribution in [3.63, 3.8) is 0 Å². The number of amides is 1. The van der Waals surface area contributed by atoms with E-state index in [-0.39, 0.29) is 18.3 Å². The van der Waals surface area contributed by atoms with Gasteiger partial charge in [0.05, 0.1) is 0 Å². The summed E-state index contributed by atoms with van der Waals surface area (Å²) in [5, 5.41) is 6.51. The number of hydrogen-bond acceptors (Lipinski definition) is 3. The number of ether oxygens (including phenoxy) is 1. The molecule has 0 saturated carbocycles. The molecular formula is C13H25ClN2O2. The first-order chi connectivity index (χ1) is 8.25. The molecule has 2 fully saturated rings. The summed E-state index contributed by atoms with van der Waals surface area (Å²) in [5.41, 5.74) is 0. The SMILES string of the molecule is CC1CCNCC1NC(=O)CC1CCOCC1.Cl. The molecule has 0 bridgehead atoms. The molecule has 2 aliphatic rings. The van der Waals surface area contributed by atoms with Crippen LogP contribution in [0.1, 0.15) is 32.6 Å². The zero-order chi connectivity index (χ0) is 12.1. The summed E-state index contributed by atoms with van der Waals surface area (Å²) >= 11 is 0.